The van der Waals surface area contributed by atoms with Crippen LogP contribution in [0.5, 0.6) is 5.75 Å². The van der Waals surface area contributed by atoms with Gasteiger partial charge in [0.05, 0.1) is 7.11 Å². The first-order chi connectivity index (χ1) is 9.69. The maximum absolute atomic E-state index is 5.17. The molecule has 1 aromatic heterocycles. The molecule has 0 aliphatic carbocycles. The summed E-state index contributed by atoms with van der Waals surface area (Å²) in [5, 5.41) is 5.77. The second-order valence-electron chi connectivity index (χ2n) is 5.20. The zero-order chi connectivity index (χ0) is 14.4. The van der Waals surface area contributed by atoms with Gasteiger partial charge in [0.2, 0.25) is 0 Å². The van der Waals surface area contributed by atoms with Gasteiger partial charge in [-0.2, -0.15) is 0 Å². The van der Waals surface area contributed by atoms with Crippen LogP contribution in [0.3, 0.4) is 0 Å². The molecule has 0 spiro atoms. The van der Waals surface area contributed by atoms with Gasteiger partial charge in [0.25, 0.3) is 0 Å². The lowest BCUT2D eigenvalue weighted by atomic mass is 10.1. The average Bonchev–Trinajstić information content (AvgIpc) is 2.89. The molecule has 0 amide bonds. The van der Waals surface area contributed by atoms with E-state index in [2.05, 4.69) is 42.7 Å². The molecule has 0 aliphatic heterocycles. The van der Waals surface area contributed by atoms with Gasteiger partial charge in [-0.25, -0.2) is 0 Å². The van der Waals surface area contributed by atoms with E-state index >= 15 is 0 Å². The maximum Gasteiger partial charge on any atom is 0.118 e. The number of hydrogen-bond donors (Lipinski definition) is 1. The van der Waals surface area contributed by atoms with Crippen molar-refractivity contribution in [2.45, 2.75) is 39.3 Å². The van der Waals surface area contributed by atoms with Gasteiger partial charge in [0, 0.05) is 17.5 Å². The summed E-state index contributed by atoms with van der Waals surface area (Å²) in [6, 6.07) is 11.1. The summed E-state index contributed by atoms with van der Waals surface area (Å²) in [6.07, 6.45) is 2.25. The quantitative estimate of drug-likeness (QED) is 0.825. The Labute approximate surface area is 125 Å². The Kier molecular flexibility index (Phi) is 5.62. The van der Waals surface area contributed by atoms with Crippen LogP contribution in [0, 0.1) is 6.92 Å². The Morgan fingerprint density at radius 1 is 1.20 bits per heavy atom. The second-order valence-corrected chi connectivity index (χ2v) is 6.20. The molecule has 1 unspecified atom stereocenters. The first-order valence-electron chi connectivity index (χ1n) is 7.08. The van der Waals surface area contributed by atoms with Gasteiger partial charge in [-0.15, -0.1) is 11.3 Å². The number of benzene rings is 1. The van der Waals surface area contributed by atoms with Crippen molar-refractivity contribution >= 4 is 11.3 Å². The summed E-state index contributed by atoms with van der Waals surface area (Å²) in [5.74, 6) is 0.924. The van der Waals surface area contributed by atoms with Crippen LogP contribution >= 0.6 is 11.3 Å². The number of thiophene rings is 1. The fourth-order valence-electron chi connectivity index (χ4n) is 2.13. The first-order valence-corrected chi connectivity index (χ1v) is 7.96. The van der Waals surface area contributed by atoms with Crippen LogP contribution in [0.25, 0.3) is 0 Å². The van der Waals surface area contributed by atoms with E-state index in [4.69, 9.17) is 4.74 Å². The third-order valence-electron chi connectivity index (χ3n) is 3.60. The minimum absolute atomic E-state index is 0.526. The molecule has 0 radical (unpaired) electrons. The standard InChI is InChI=1S/C17H23NOS/c1-13-10-11-20-17(13)12-18-14(2)4-5-15-6-8-16(19-3)9-7-15/h6-11,14,18H,4-5,12H2,1-3H3. The van der Waals surface area contributed by atoms with E-state index in [-0.39, 0.29) is 0 Å². The largest absolute Gasteiger partial charge is 0.497 e. The molecule has 1 N–H and O–H groups in total. The van der Waals surface area contributed by atoms with Gasteiger partial charge in [-0.3, -0.25) is 0 Å². The summed E-state index contributed by atoms with van der Waals surface area (Å²) in [6.45, 7) is 5.41. The number of aryl methyl sites for hydroxylation is 2. The third-order valence-corrected chi connectivity index (χ3v) is 4.63. The lowest BCUT2D eigenvalue weighted by Gasteiger charge is -2.13. The maximum atomic E-state index is 5.17. The van der Waals surface area contributed by atoms with E-state index in [1.54, 1.807) is 7.11 Å². The molecular formula is C17H23NOS. The van der Waals surface area contributed by atoms with Crippen LogP contribution in [0.1, 0.15) is 29.3 Å². The minimum atomic E-state index is 0.526. The van der Waals surface area contributed by atoms with Crippen molar-refractivity contribution in [1.29, 1.82) is 0 Å². The molecule has 0 fully saturated rings. The Hall–Kier alpha value is -1.32. The summed E-state index contributed by atoms with van der Waals surface area (Å²) in [7, 11) is 1.70. The molecular weight excluding hydrogens is 266 g/mol. The molecule has 0 saturated heterocycles. The highest BCUT2D eigenvalue weighted by Gasteiger charge is 2.05. The Morgan fingerprint density at radius 2 is 1.95 bits per heavy atom. The van der Waals surface area contributed by atoms with E-state index in [1.807, 2.05) is 23.5 Å². The SMILES string of the molecule is COc1ccc(CCC(C)NCc2sccc2C)cc1. The molecule has 2 rings (SSSR count). The molecule has 0 saturated carbocycles. The summed E-state index contributed by atoms with van der Waals surface area (Å²) in [4.78, 5) is 1.45. The van der Waals surface area contributed by atoms with Gasteiger partial charge in [-0.1, -0.05) is 12.1 Å². The zero-order valence-corrected chi connectivity index (χ0v) is 13.3. The molecule has 0 aliphatic rings. The fraction of sp³-hybridized carbons (Fsp3) is 0.412. The Bertz CT molecular complexity index is 518. The highest BCUT2D eigenvalue weighted by atomic mass is 32.1. The van der Waals surface area contributed by atoms with E-state index in [0.29, 0.717) is 6.04 Å². The third kappa shape index (κ3) is 4.36. The zero-order valence-electron chi connectivity index (χ0n) is 12.5. The lowest BCUT2D eigenvalue weighted by Crippen LogP contribution is -2.25. The van der Waals surface area contributed by atoms with Crippen molar-refractivity contribution in [3.05, 3.63) is 51.7 Å². The van der Waals surface area contributed by atoms with Crippen LogP contribution < -0.4 is 10.1 Å². The van der Waals surface area contributed by atoms with Crippen molar-refractivity contribution in [3.8, 4) is 5.75 Å². The molecule has 20 heavy (non-hydrogen) atoms. The first kappa shape index (κ1) is 15.1. The second kappa shape index (κ2) is 7.46. The predicted octanol–water partition coefficient (Wildman–Crippen LogP) is 4.18. The van der Waals surface area contributed by atoms with Crippen LogP contribution in [0.2, 0.25) is 0 Å². The molecule has 1 heterocycles. The van der Waals surface area contributed by atoms with Crippen LogP contribution in [-0.4, -0.2) is 13.2 Å². The molecule has 2 aromatic rings. The van der Waals surface area contributed by atoms with Crippen LogP contribution in [-0.2, 0) is 13.0 Å². The molecule has 1 atom stereocenters. The normalized spacial score (nSPS) is 12.3. The number of nitrogens with one attached hydrogen (secondary N) is 1. The molecule has 3 heteroatoms. The van der Waals surface area contributed by atoms with E-state index in [1.165, 1.54) is 16.0 Å². The molecule has 108 valence electrons. The average molecular weight is 289 g/mol. The van der Waals surface area contributed by atoms with Crippen molar-refractivity contribution in [2.75, 3.05) is 7.11 Å². The lowest BCUT2D eigenvalue weighted by molar-refractivity contribution is 0.414. The summed E-state index contributed by atoms with van der Waals surface area (Å²) < 4.78 is 5.17. The molecule has 0 bridgehead atoms. The summed E-state index contributed by atoms with van der Waals surface area (Å²) >= 11 is 1.83. The Balaban J connectivity index is 1.74. The van der Waals surface area contributed by atoms with Crippen molar-refractivity contribution in [3.63, 3.8) is 0 Å². The highest BCUT2D eigenvalue weighted by Crippen LogP contribution is 2.16. The van der Waals surface area contributed by atoms with Gasteiger partial charge in [0.15, 0.2) is 0 Å². The monoisotopic (exact) mass is 289 g/mol. The van der Waals surface area contributed by atoms with E-state index < -0.39 is 0 Å². The number of rotatable bonds is 7. The number of ether oxygens (including phenoxy) is 1. The molecule has 1 aromatic carbocycles. The Morgan fingerprint density at radius 3 is 2.55 bits per heavy atom. The van der Waals surface area contributed by atoms with E-state index in [0.717, 1.165) is 25.1 Å². The van der Waals surface area contributed by atoms with Gasteiger partial charge < -0.3 is 10.1 Å². The number of hydrogen-bond acceptors (Lipinski definition) is 3. The topological polar surface area (TPSA) is 21.3 Å². The summed E-state index contributed by atoms with van der Waals surface area (Å²) in [5.41, 5.74) is 2.76. The number of methoxy groups -OCH3 is 1. The van der Waals surface area contributed by atoms with Crippen LogP contribution in [0.4, 0.5) is 0 Å². The highest BCUT2D eigenvalue weighted by molar-refractivity contribution is 7.10. The van der Waals surface area contributed by atoms with Crippen LogP contribution in [0.15, 0.2) is 35.7 Å². The van der Waals surface area contributed by atoms with Gasteiger partial charge >= 0.3 is 0 Å². The molecule has 2 nitrogen and oxygen atoms in total. The van der Waals surface area contributed by atoms with E-state index in [9.17, 15) is 0 Å². The van der Waals surface area contributed by atoms with Crippen molar-refractivity contribution in [1.82, 2.24) is 5.32 Å². The minimum Gasteiger partial charge on any atom is -0.497 e. The van der Waals surface area contributed by atoms with Gasteiger partial charge in [-0.05, 0) is 61.4 Å². The van der Waals surface area contributed by atoms with Crippen molar-refractivity contribution in [2.24, 2.45) is 0 Å². The predicted molar refractivity (Wildman–Crippen MR) is 86.7 cm³/mol. The smallest absolute Gasteiger partial charge is 0.118 e. The van der Waals surface area contributed by atoms with Gasteiger partial charge in [0.1, 0.15) is 5.75 Å². The van der Waals surface area contributed by atoms with Crippen molar-refractivity contribution < 1.29 is 4.74 Å². The fourth-order valence-corrected chi connectivity index (χ4v) is 2.99.